The summed E-state index contributed by atoms with van der Waals surface area (Å²) in [6.07, 6.45) is 5.19. The highest BCUT2D eigenvalue weighted by atomic mass is 19.1. The number of carbonyl (C=O) groups excluding carboxylic acids is 1. The Hall–Kier alpha value is -2.16. The van der Waals surface area contributed by atoms with E-state index in [1.807, 2.05) is 25.1 Å². The highest BCUT2D eigenvalue weighted by Crippen LogP contribution is 2.30. The van der Waals surface area contributed by atoms with E-state index in [1.165, 1.54) is 17.7 Å². The van der Waals surface area contributed by atoms with Gasteiger partial charge in [0, 0.05) is 12.8 Å². The normalized spacial score (nSPS) is 20.0. The third-order valence-electron chi connectivity index (χ3n) is 5.14. The largest absolute Gasteiger partial charge is 0.490 e. The van der Waals surface area contributed by atoms with Gasteiger partial charge in [-0.3, -0.25) is 4.79 Å². The first-order valence-electron chi connectivity index (χ1n) is 9.49. The SMILES string of the molecule is Cc1ccc(OC2CCC(CC(=O)Cc3cc(C)cc(F)c3)CC2)cc1. The maximum atomic E-state index is 13.5. The average Bonchev–Trinajstić information content (AvgIpc) is 2.57. The molecule has 0 aromatic heterocycles. The number of hydrogen-bond acceptors (Lipinski definition) is 2. The van der Waals surface area contributed by atoms with Crippen molar-refractivity contribution in [1.82, 2.24) is 0 Å². The van der Waals surface area contributed by atoms with Crippen LogP contribution in [0, 0.1) is 25.6 Å². The van der Waals surface area contributed by atoms with Crippen molar-refractivity contribution in [3.63, 3.8) is 0 Å². The molecule has 3 rings (SSSR count). The Labute approximate surface area is 155 Å². The number of ether oxygens (including phenoxy) is 1. The fourth-order valence-corrected chi connectivity index (χ4v) is 3.80. The van der Waals surface area contributed by atoms with Crippen molar-refractivity contribution in [2.24, 2.45) is 5.92 Å². The summed E-state index contributed by atoms with van der Waals surface area (Å²) in [5.41, 5.74) is 2.87. The van der Waals surface area contributed by atoms with Gasteiger partial charge in [0.05, 0.1) is 6.10 Å². The van der Waals surface area contributed by atoms with Gasteiger partial charge in [-0.15, -0.1) is 0 Å². The zero-order valence-electron chi connectivity index (χ0n) is 15.6. The molecule has 0 unspecified atom stereocenters. The van der Waals surface area contributed by atoms with E-state index in [4.69, 9.17) is 4.74 Å². The van der Waals surface area contributed by atoms with Crippen molar-refractivity contribution in [2.45, 2.75) is 58.5 Å². The Balaban J connectivity index is 1.44. The zero-order chi connectivity index (χ0) is 18.5. The van der Waals surface area contributed by atoms with Crippen LogP contribution < -0.4 is 4.74 Å². The van der Waals surface area contributed by atoms with Gasteiger partial charge < -0.3 is 4.74 Å². The number of hydrogen-bond donors (Lipinski definition) is 0. The van der Waals surface area contributed by atoms with Crippen LogP contribution in [-0.4, -0.2) is 11.9 Å². The predicted molar refractivity (Wildman–Crippen MR) is 102 cm³/mol. The van der Waals surface area contributed by atoms with Crippen LogP contribution in [0.5, 0.6) is 5.75 Å². The minimum atomic E-state index is -0.262. The van der Waals surface area contributed by atoms with Crippen LogP contribution in [0.2, 0.25) is 0 Å². The predicted octanol–water partition coefficient (Wildman–Crippen LogP) is 5.58. The summed E-state index contributed by atoms with van der Waals surface area (Å²) < 4.78 is 19.5. The van der Waals surface area contributed by atoms with E-state index in [0.29, 0.717) is 18.8 Å². The lowest BCUT2D eigenvalue weighted by Gasteiger charge is -2.28. The van der Waals surface area contributed by atoms with Crippen molar-refractivity contribution < 1.29 is 13.9 Å². The summed E-state index contributed by atoms with van der Waals surface area (Å²) in [6, 6.07) is 13.0. The van der Waals surface area contributed by atoms with E-state index in [2.05, 4.69) is 19.1 Å². The molecule has 0 saturated heterocycles. The Morgan fingerprint density at radius 3 is 2.35 bits per heavy atom. The van der Waals surface area contributed by atoms with Crippen LogP contribution in [0.15, 0.2) is 42.5 Å². The summed E-state index contributed by atoms with van der Waals surface area (Å²) in [5, 5.41) is 0. The summed E-state index contributed by atoms with van der Waals surface area (Å²) in [7, 11) is 0. The minimum Gasteiger partial charge on any atom is -0.490 e. The summed E-state index contributed by atoms with van der Waals surface area (Å²) in [4.78, 5) is 12.4. The lowest BCUT2D eigenvalue weighted by atomic mass is 9.83. The summed E-state index contributed by atoms with van der Waals surface area (Å²) in [5.74, 6) is 1.30. The van der Waals surface area contributed by atoms with Gasteiger partial charge in [0.25, 0.3) is 0 Å². The van der Waals surface area contributed by atoms with E-state index in [9.17, 15) is 9.18 Å². The van der Waals surface area contributed by atoms with Gasteiger partial charge in [-0.1, -0.05) is 23.8 Å². The van der Waals surface area contributed by atoms with Crippen LogP contribution in [0.4, 0.5) is 4.39 Å². The Morgan fingerprint density at radius 1 is 1.00 bits per heavy atom. The number of ketones is 1. The summed E-state index contributed by atoms with van der Waals surface area (Å²) in [6.45, 7) is 3.92. The van der Waals surface area contributed by atoms with Crippen molar-refractivity contribution >= 4 is 5.78 Å². The van der Waals surface area contributed by atoms with Crippen molar-refractivity contribution in [2.75, 3.05) is 0 Å². The highest BCUT2D eigenvalue weighted by Gasteiger charge is 2.24. The molecule has 2 aromatic carbocycles. The van der Waals surface area contributed by atoms with E-state index < -0.39 is 0 Å². The van der Waals surface area contributed by atoms with Crippen LogP contribution in [0.25, 0.3) is 0 Å². The highest BCUT2D eigenvalue weighted by molar-refractivity contribution is 5.81. The smallest absolute Gasteiger partial charge is 0.137 e. The van der Waals surface area contributed by atoms with Gasteiger partial charge in [0.15, 0.2) is 0 Å². The van der Waals surface area contributed by atoms with Gasteiger partial charge in [-0.25, -0.2) is 4.39 Å². The number of benzene rings is 2. The van der Waals surface area contributed by atoms with E-state index in [1.54, 1.807) is 0 Å². The molecule has 26 heavy (non-hydrogen) atoms. The number of halogens is 1. The lowest BCUT2D eigenvalue weighted by Crippen LogP contribution is -2.25. The number of carbonyl (C=O) groups is 1. The average molecular weight is 354 g/mol. The first-order valence-corrected chi connectivity index (χ1v) is 9.49. The quantitative estimate of drug-likeness (QED) is 0.677. The molecule has 2 aromatic rings. The molecule has 138 valence electrons. The Bertz CT molecular complexity index is 723. The molecule has 1 aliphatic rings. The van der Waals surface area contributed by atoms with Crippen molar-refractivity contribution in [1.29, 1.82) is 0 Å². The van der Waals surface area contributed by atoms with Gasteiger partial charge in [0.2, 0.25) is 0 Å². The maximum absolute atomic E-state index is 13.5. The number of aryl methyl sites for hydroxylation is 2. The molecule has 0 heterocycles. The monoisotopic (exact) mass is 354 g/mol. The molecule has 0 radical (unpaired) electrons. The molecule has 0 atom stereocenters. The number of rotatable bonds is 6. The van der Waals surface area contributed by atoms with Crippen LogP contribution in [-0.2, 0) is 11.2 Å². The van der Waals surface area contributed by atoms with Crippen molar-refractivity contribution in [3.05, 3.63) is 65.0 Å². The first-order chi connectivity index (χ1) is 12.5. The second-order valence-electron chi connectivity index (χ2n) is 7.63. The molecule has 0 amide bonds. The second-order valence-corrected chi connectivity index (χ2v) is 7.63. The first kappa shape index (κ1) is 18.6. The molecule has 0 aliphatic heterocycles. The molecule has 0 bridgehead atoms. The summed E-state index contributed by atoms with van der Waals surface area (Å²) >= 11 is 0. The minimum absolute atomic E-state index is 0.206. The number of Topliss-reactive ketones (excluding diaryl/α,β-unsaturated/α-hetero) is 1. The molecule has 2 nitrogen and oxygen atoms in total. The van der Waals surface area contributed by atoms with E-state index in [0.717, 1.165) is 42.6 Å². The Kier molecular flexibility index (Phi) is 6.08. The molecular weight excluding hydrogens is 327 g/mol. The maximum Gasteiger partial charge on any atom is 0.137 e. The van der Waals surface area contributed by atoms with Crippen molar-refractivity contribution in [3.8, 4) is 5.75 Å². The van der Waals surface area contributed by atoms with E-state index >= 15 is 0 Å². The molecule has 3 heteroatoms. The van der Waals surface area contributed by atoms with Crippen LogP contribution in [0.1, 0.15) is 48.8 Å². The Morgan fingerprint density at radius 2 is 1.69 bits per heavy atom. The van der Waals surface area contributed by atoms with E-state index in [-0.39, 0.29) is 17.7 Å². The zero-order valence-corrected chi connectivity index (χ0v) is 15.6. The molecule has 1 fully saturated rings. The molecule has 1 saturated carbocycles. The lowest BCUT2D eigenvalue weighted by molar-refractivity contribution is -0.119. The third-order valence-corrected chi connectivity index (χ3v) is 5.14. The van der Waals surface area contributed by atoms with Gasteiger partial charge >= 0.3 is 0 Å². The van der Waals surface area contributed by atoms with Crippen LogP contribution >= 0.6 is 0 Å². The molecular formula is C23H27FO2. The molecule has 0 N–H and O–H groups in total. The second kappa shape index (κ2) is 8.48. The van der Waals surface area contributed by atoms with Gasteiger partial charge in [0.1, 0.15) is 17.3 Å². The van der Waals surface area contributed by atoms with Gasteiger partial charge in [-0.05, 0) is 80.8 Å². The fourth-order valence-electron chi connectivity index (χ4n) is 3.80. The topological polar surface area (TPSA) is 26.3 Å². The molecule has 0 spiro atoms. The fraction of sp³-hybridized carbons (Fsp3) is 0.435. The third kappa shape index (κ3) is 5.42. The van der Waals surface area contributed by atoms with Gasteiger partial charge in [-0.2, -0.15) is 0 Å². The standard InChI is InChI=1S/C23H27FO2/c1-16-3-7-22(8-4-16)26-23-9-5-18(6-10-23)14-21(25)15-19-11-17(2)12-20(24)13-19/h3-4,7-8,11-13,18,23H,5-6,9-10,14-15H2,1-2H3. The van der Waals surface area contributed by atoms with Crippen LogP contribution in [0.3, 0.4) is 0 Å². The molecule has 1 aliphatic carbocycles.